The van der Waals surface area contributed by atoms with Crippen molar-refractivity contribution in [1.29, 1.82) is 0 Å². The summed E-state index contributed by atoms with van der Waals surface area (Å²) in [5.41, 5.74) is 7.80. The van der Waals surface area contributed by atoms with Crippen molar-refractivity contribution >= 4 is 16.6 Å². The molecule has 0 amide bonds. The third kappa shape index (κ3) is 3.47. The van der Waals surface area contributed by atoms with Crippen molar-refractivity contribution < 1.29 is 9.53 Å². The SMILES string of the molecule is COc1cccc(C(CN)C(=O)Cc2ccc3ccccc3c2)c1. The highest BCUT2D eigenvalue weighted by molar-refractivity contribution is 5.90. The lowest BCUT2D eigenvalue weighted by Gasteiger charge is -2.15. The molecule has 3 heteroatoms. The van der Waals surface area contributed by atoms with Crippen molar-refractivity contribution in [2.24, 2.45) is 5.73 Å². The first-order valence-electron chi connectivity index (χ1n) is 8.05. The lowest BCUT2D eigenvalue weighted by Crippen LogP contribution is -2.23. The van der Waals surface area contributed by atoms with Crippen molar-refractivity contribution in [1.82, 2.24) is 0 Å². The fraction of sp³-hybridized carbons (Fsp3) is 0.190. The summed E-state index contributed by atoms with van der Waals surface area (Å²) in [4.78, 5) is 12.8. The van der Waals surface area contributed by atoms with Crippen LogP contribution in [0, 0.1) is 0 Å². The summed E-state index contributed by atoms with van der Waals surface area (Å²) in [5.74, 6) is 0.553. The molecule has 3 nitrogen and oxygen atoms in total. The summed E-state index contributed by atoms with van der Waals surface area (Å²) in [6.07, 6.45) is 0.379. The molecule has 3 aromatic carbocycles. The van der Waals surface area contributed by atoms with E-state index in [1.807, 2.05) is 42.5 Å². The van der Waals surface area contributed by atoms with Crippen LogP contribution in [0.5, 0.6) is 5.75 Å². The molecule has 0 radical (unpaired) electrons. The van der Waals surface area contributed by atoms with E-state index in [1.54, 1.807) is 7.11 Å². The molecule has 0 spiro atoms. The second kappa shape index (κ2) is 7.28. The fourth-order valence-electron chi connectivity index (χ4n) is 2.98. The van der Waals surface area contributed by atoms with Gasteiger partial charge in [0.1, 0.15) is 11.5 Å². The number of ether oxygens (including phenoxy) is 1. The minimum absolute atomic E-state index is 0.126. The van der Waals surface area contributed by atoms with Gasteiger partial charge < -0.3 is 10.5 Å². The number of carbonyl (C=O) groups excluding carboxylic acids is 1. The highest BCUT2D eigenvalue weighted by Crippen LogP contribution is 2.23. The smallest absolute Gasteiger partial charge is 0.145 e. The molecule has 2 N–H and O–H groups in total. The van der Waals surface area contributed by atoms with E-state index in [4.69, 9.17) is 10.5 Å². The Bertz CT molecular complexity index is 857. The number of ketones is 1. The van der Waals surface area contributed by atoms with E-state index in [2.05, 4.69) is 24.3 Å². The van der Waals surface area contributed by atoms with Gasteiger partial charge in [0.15, 0.2) is 0 Å². The second-order valence-corrected chi connectivity index (χ2v) is 5.89. The van der Waals surface area contributed by atoms with E-state index in [1.165, 1.54) is 5.39 Å². The van der Waals surface area contributed by atoms with Crippen LogP contribution in [0.4, 0.5) is 0 Å². The van der Waals surface area contributed by atoms with E-state index < -0.39 is 0 Å². The van der Waals surface area contributed by atoms with Gasteiger partial charge in [0.2, 0.25) is 0 Å². The second-order valence-electron chi connectivity index (χ2n) is 5.89. The van der Waals surface area contributed by atoms with Crippen molar-refractivity contribution in [3.63, 3.8) is 0 Å². The van der Waals surface area contributed by atoms with E-state index in [0.717, 1.165) is 22.3 Å². The van der Waals surface area contributed by atoms with Gasteiger partial charge in [-0.1, -0.05) is 54.6 Å². The number of methoxy groups -OCH3 is 1. The van der Waals surface area contributed by atoms with Gasteiger partial charge in [-0.15, -0.1) is 0 Å². The summed E-state index contributed by atoms with van der Waals surface area (Å²) in [5, 5.41) is 2.32. The van der Waals surface area contributed by atoms with Gasteiger partial charge in [0.25, 0.3) is 0 Å². The van der Waals surface area contributed by atoms with Crippen molar-refractivity contribution in [3.05, 3.63) is 77.9 Å². The topological polar surface area (TPSA) is 52.3 Å². The number of carbonyl (C=O) groups is 1. The first-order valence-corrected chi connectivity index (χ1v) is 8.05. The molecule has 1 atom stereocenters. The minimum Gasteiger partial charge on any atom is -0.497 e. The lowest BCUT2D eigenvalue weighted by molar-refractivity contribution is -0.119. The Morgan fingerprint density at radius 1 is 1.00 bits per heavy atom. The number of Topliss-reactive ketones (excluding diaryl/α,β-unsaturated/α-hetero) is 1. The van der Waals surface area contributed by atoms with Gasteiger partial charge in [0, 0.05) is 13.0 Å². The van der Waals surface area contributed by atoms with Crippen LogP contribution in [0.3, 0.4) is 0 Å². The Morgan fingerprint density at radius 2 is 1.79 bits per heavy atom. The Labute approximate surface area is 142 Å². The van der Waals surface area contributed by atoms with E-state index >= 15 is 0 Å². The van der Waals surface area contributed by atoms with Crippen molar-refractivity contribution in [2.75, 3.05) is 13.7 Å². The lowest BCUT2D eigenvalue weighted by atomic mass is 9.90. The molecule has 3 rings (SSSR count). The molecule has 3 aromatic rings. The normalized spacial score (nSPS) is 12.1. The van der Waals surface area contributed by atoms with Crippen molar-refractivity contribution in [2.45, 2.75) is 12.3 Å². The van der Waals surface area contributed by atoms with Crippen LogP contribution in [-0.2, 0) is 11.2 Å². The average Bonchev–Trinajstić information content (AvgIpc) is 2.62. The fourth-order valence-corrected chi connectivity index (χ4v) is 2.98. The zero-order valence-electron chi connectivity index (χ0n) is 13.7. The first kappa shape index (κ1) is 16.2. The Hall–Kier alpha value is -2.65. The number of benzene rings is 3. The summed E-state index contributed by atoms with van der Waals surface area (Å²) in [6, 6.07) is 21.9. The van der Waals surface area contributed by atoms with Gasteiger partial charge in [-0.2, -0.15) is 0 Å². The van der Waals surface area contributed by atoms with Gasteiger partial charge in [-0.3, -0.25) is 4.79 Å². The molecule has 122 valence electrons. The van der Waals surface area contributed by atoms with Crippen LogP contribution in [0.2, 0.25) is 0 Å². The van der Waals surface area contributed by atoms with Crippen LogP contribution >= 0.6 is 0 Å². The molecule has 1 unspecified atom stereocenters. The largest absolute Gasteiger partial charge is 0.497 e. The molecule has 0 saturated carbocycles. The standard InChI is InChI=1S/C21H21NO2/c1-24-19-8-4-7-18(13-19)20(14-22)21(23)12-15-9-10-16-5-2-3-6-17(16)11-15/h2-11,13,20H,12,14,22H2,1H3. The Balaban J connectivity index is 1.82. The predicted octanol–water partition coefficient (Wildman–Crippen LogP) is 3.70. The molecular weight excluding hydrogens is 298 g/mol. The number of fused-ring (bicyclic) bond motifs is 1. The minimum atomic E-state index is -0.313. The summed E-state index contributed by atoms with van der Waals surface area (Å²) < 4.78 is 5.24. The highest BCUT2D eigenvalue weighted by atomic mass is 16.5. The molecule has 0 aliphatic heterocycles. The van der Waals surface area contributed by atoms with Crippen LogP contribution in [-0.4, -0.2) is 19.4 Å². The monoisotopic (exact) mass is 319 g/mol. The van der Waals surface area contributed by atoms with Crippen LogP contribution in [0.15, 0.2) is 66.7 Å². The van der Waals surface area contributed by atoms with Gasteiger partial charge >= 0.3 is 0 Å². The number of rotatable bonds is 6. The van der Waals surface area contributed by atoms with Gasteiger partial charge in [-0.25, -0.2) is 0 Å². The highest BCUT2D eigenvalue weighted by Gasteiger charge is 2.19. The molecule has 0 fully saturated rings. The zero-order valence-corrected chi connectivity index (χ0v) is 13.7. The molecular formula is C21H21NO2. The predicted molar refractivity (Wildman–Crippen MR) is 97.4 cm³/mol. The van der Waals surface area contributed by atoms with E-state index in [-0.39, 0.29) is 11.7 Å². The zero-order chi connectivity index (χ0) is 16.9. The third-order valence-electron chi connectivity index (χ3n) is 4.31. The molecule has 0 heterocycles. The van der Waals surface area contributed by atoms with Crippen LogP contribution in [0.25, 0.3) is 10.8 Å². The maximum absolute atomic E-state index is 12.8. The van der Waals surface area contributed by atoms with E-state index in [0.29, 0.717) is 13.0 Å². The molecule has 0 bridgehead atoms. The van der Waals surface area contributed by atoms with E-state index in [9.17, 15) is 4.79 Å². The molecule has 0 saturated heterocycles. The van der Waals surface area contributed by atoms with Crippen molar-refractivity contribution in [3.8, 4) is 5.75 Å². The first-order chi connectivity index (χ1) is 11.7. The molecule has 0 aromatic heterocycles. The van der Waals surface area contributed by atoms with Crippen LogP contribution in [0.1, 0.15) is 17.0 Å². The van der Waals surface area contributed by atoms with Crippen LogP contribution < -0.4 is 10.5 Å². The quantitative estimate of drug-likeness (QED) is 0.753. The molecule has 0 aliphatic rings. The van der Waals surface area contributed by atoms with Gasteiger partial charge in [-0.05, 0) is 34.0 Å². The number of hydrogen-bond acceptors (Lipinski definition) is 3. The summed E-state index contributed by atoms with van der Waals surface area (Å²) >= 11 is 0. The molecule has 24 heavy (non-hydrogen) atoms. The maximum Gasteiger partial charge on any atom is 0.145 e. The summed E-state index contributed by atoms with van der Waals surface area (Å²) in [6.45, 7) is 0.291. The molecule has 0 aliphatic carbocycles. The number of hydrogen-bond donors (Lipinski definition) is 1. The Kier molecular flexibility index (Phi) is 4.92. The third-order valence-corrected chi connectivity index (χ3v) is 4.31. The number of nitrogens with two attached hydrogens (primary N) is 1. The Morgan fingerprint density at radius 3 is 2.54 bits per heavy atom. The summed E-state index contributed by atoms with van der Waals surface area (Å²) in [7, 11) is 1.62. The maximum atomic E-state index is 12.8. The average molecular weight is 319 g/mol. The van der Waals surface area contributed by atoms with Gasteiger partial charge in [0.05, 0.1) is 13.0 Å².